The number of hydrogen-bond acceptors (Lipinski definition) is 4. The summed E-state index contributed by atoms with van der Waals surface area (Å²) in [6, 6.07) is 0.422. The molecule has 0 spiro atoms. The fourth-order valence-electron chi connectivity index (χ4n) is 1.14. The first-order valence-electron chi connectivity index (χ1n) is 3.77. The standard InChI is InChI=1S/C8H9N3O/c1-12-8-10-4-6-2-3-9-5-7(6)11-8/h3-4H,2,5H2,1H3. The molecule has 0 fully saturated rings. The van der Waals surface area contributed by atoms with E-state index in [9.17, 15) is 0 Å². The minimum atomic E-state index is 0.422. The van der Waals surface area contributed by atoms with Gasteiger partial charge in [0, 0.05) is 18.8 Å². The first-order valence-corrected chi connectivity index (χ1v) is 3.77. The number of nitrogens with zero attached hydrogens (tertiary/aromatic N) is 3. The van der Waals surface area contributed by atoms with Crippen LogP contribution in [0.4, 0.5) is 0 Å². The van der Waals surface area contributed by atoms with Crippen molar-refractivity contribution in [3.8, 4) is 6.01 Å². The molecule has 62 valence electrons. The third kappa shape index (κ3) is 1.15. The number of fused-ring (bicyclic) bond motifs is 1. The zero-order valence-corrected chi connectivity index (χ0v) is 6.82. The minimum absolute atomic E-state index is 0.422. The Balaban J connectivity index is 2.39. The fourth-order valence-corrected chi connectivity index (χ4v) is 1.14. The van der Waals surface area contributed by atoms with Crippen LogP contribution in [0.2, 0.25) is 0 Å². The topological polar surface area (TPSA) is 47.4 Å². The van der Waals surface area contributed by atoms with Gasteiger partial charge in [-0.2, -0.15) is 4.98 Å². The number of aliphatic imine (C=N–C) groups is 1. The van der Waals surface area contributed by atoms with Gasteiger partial charge in [-0.3, -0.25) is 4.99 Å². The first-order chi connectivity index (χ1) is 5.90. The van der Waals surface area contributed by atoms with Gasteiger partial charge in [0.25, 0.3) is 0 Å². The van der Waals surface area contributed by atoms with Gasteiger partial charge in [0.15, 0.2) is 0 Å². The molecule has 0 saturated carbocycles. The monoisotopic (exact) mass is 163 g/mol. The maximum Gasteiger partial charge on any atom is 0.316 e. The summed E-state index contributed by atoms with van der Waals surface area (Å²) in [5.74, 6) is 0. The third-order valence-corrected chi connectivity index (χ3v) is 1.80. The fraction of sp³-hybridized carbons (Fsp3) is 0.375. The van der Waals surface area contributed by atoms with E-state index < -0.39 is 0 Å². The first kappa shape index (κ1) is 7.21. The smallest absolute Gasteiger partial charge is 0.316 e. The van der Waals surface area contributed by atoms with Gasteiger partial charge in [0.1, 0.15) is 0 Å². The zero-order chi connectivity index (χ0) is 8.39. The summed E-state index contributed by atoms with van der Waals surface area (Å²) in [6.45, 7) is 0.647. The van der Waals surface area contributed by atoms with E-state index >= 15 is 0 Å². The van der Waals surface area contributed by atoms with Crippen LogP contribution in [0.5, 0.6) is 6.01 Å². The van der Waals surface area contributed by atoms with Crippen molar-refractivity contribution in [2.75, 3.05) is 7.11 Å². The summed E-state index contributed by atoms with van der Waals surface area (Å²) in [5, 5.41) is 0. The lowest BCUT2D eigenvalue weighted by atomic mass is 10.1. The Bertz CT molecular complexity index is 322. The Morgan fingerprint density at radius 3 is 3.25 bits per heavy atom. The van der Waals surface area contributed by atoms with Gasteiger partial charge >= 0.3 is 6.01 Å². The van der Waals surface area contributed by atoms with Crippen molar-refractivity contribution in [1.82, 2.24) is 9.97 Å². The van der Waals surface area contributed by atoms with E-state index in [0.717, 1.165) is 17.7 Å². The normalized spacial score (nSPS) is 14.1. The van der Waals surface area contributed by atoms with Crippen molar-refractivity contribution in [3.63, 3.8) is 0 Å². The minimum Gasteiger partial charge on any atom is -0.467 e. The van der Waals surface area contributed by atoms with Crippen LogP contribution < -0.4 is 4.74 Å². The van der Waals surface area contributed by atoms with Crippen LogP contribution in [-0.4, -0.2) is 23.3 Å². The number of hydrogen-bond donors (Lipinski definition) is 0. The molecule has 0 saturated heterocycles. The van der Waals surface area contributed by atoms with Gasteiger partial charge in [0.2, 0.25) is 0 Å². The Kier molecular flexibility index (Phi) is 1.74. The number of rotatable bonds is 1. The Labute approximate surface area is 70.3 Å². The summed E-state index contributed by atoms with van der Waals surface area (Å²) in [5.41, 5.74) is 2.12. The molecular weight excluding hydrogens is 154 g/mol. The molecular formula is C8H9N3O. The van der Waals surface area contributed by atoms with Crippen LogP contribution in [0.3, 0.4) is 0 Å². The molecule has 1 aromatic heterocycles. The number of ether oxygens (including phenoxy) is 1. The van der Waals surface area contributed by atoms with E-state index in [1.807, 2.05) is 6.21 Å². The van der Waals surface area contributed by atoms with E-state index in [2.05, 4.69) is 15.0 Å². The van der Waals surface area contributed by atoms with Gasteiger partial charge in [-0.15, -0.1) is 0 Å². The zero-order valence-electron chi connectivity index (χ0n) is 6.82. The van der Waals surface area contributed by atoms with Crippen LogP contribution in [0.25, 0.3) is 0 Å². The second-order valence-electron chi connectivity index (χ2n) is 2.56. The largest absolute Gasteiger partial charge is 0.467 e. The van der Waals surface area contributed by atoms with Crippen LogP contribution in [-0.2, 0) is 13.0 Å². The van der Waals surface area contributed by atoms with Crippen molar-refractivity contribution in [2.45, 2.75) is 13.0 Å². The molecule has 2 heterocycles. The lowest BCUT2D eigenvalue weighted by Gasteiger charge is -2.08. The lowest BCUT2D eigenvalue weighted by molar-refractivity contribution is 0.377. The summed E-state index contributed by atoms with van der Waals surface area (Å²) in [4.78, 5) is 12.3. The van der Waals surface area contributed by atoms with Crippen molar-refractivity contribution in [3.05, 3.63) is 17.5 Å². The third-order valence-electron chi connectivity index (χ3n) is 1.80. The molecule has 1 aliphatic heterocycles. The van der Waals surface area contributed by atoms with Gasteiger partial charge in [-0.05, 0) is 5.56 Å². The van der Waals surface area contributed by atoms with Gasteiger partial charge in [0.05, 0.1) is 19.3 Å². The van der Waals surface area contributed by atoms with E-state index in [1.165, 1.54) is 0 Å². The second kappa shape index (κ2) is 2.89. The van der Waals surface area contributed by atoms with Crippen LogP contribution >= 0.6 is 0 Å². The lowest BCUT2D eigenvalue weighted by Crippen LogP contribution is -2.06. The molecule has 12 heavy (non-hydrogen) atoms. The molecule has 1 aliphatic rings. The molecule has 0 bridgehead atoms. The Morgan fingerprint density at radius 1 is 1.50 bits per heavy atom. The molecule has 0 unspecified atom stereocenters. The second-order valence-corrected chi connectivity index (χ2v) is 2.56. The van der Waals surface area contributed by atoms with E-state index in [1.54, 1.807) is 13.3 Å². The van der Waals surface area contributed by atoms with Gasteiger partial charge in [-0.1, -0.05) is 0 Å². The molecule has 0 amide bonds. The molecule has 0 radical (unpaired) electrons. The molecule has 0 atom stereocenters. The molecule has 2 rings (SSSR count). The molecule has 4 heteroatoms. The van der Waals surface area contributed by atoms with Crippen LogP contribution in [0.15, 0.2) is 11.2 Å². The van der Waals surface area contributed by atoms with Crippen LogP contribution in [0.1, 0.15) is 11.3 Å². The van der Waals surface area contributed by atoms with Crippen molar-refractivity contribution < 1.29 is 4.74 Å². The molecule has 0 aromatic carbocycles. The molecule has 0 N–H and O–H groups in total. The van der Waals surface area contributed by atoms with E-state index in [-0.39, 0.29) is 0 Å². The quantitative estimate of drug-likeness (QED) is 0.609. The van der Waals surface area contributed by atoms with Gasteiger partial charge in [-0.25, -0.2) is 4.98 Å². The van der Waals surface area contributed by atoms with Crippen LogP contribution in [0, 0.1) is 0 Å². The Morgan fingerprint density at radius 2 is 2.42 bits per heavy atom. The highest BCUT2D eigenvalue weighted by Crippen LogP contribution is 2.13. The van der Waals surface area contributed by atoms with Crippen molar-refractivity contribution in [2.24, 2.45) is 4.99 Å². The average Bonchev–Trinajstić information content (AvgIpc) is 2.17. The van der Waals surface area contributed by atoms with Crippen molar-refractivity contribution in [1.29, 1.82) is 0 Å². The number of methoxy groups -OCH3 is 1. The summed E-state index contributed by atoms with van der Waals surface area (Å²) < 4.78 is 4.91. The number of aromatic nitrogens is 2. The van der Waals surface area contributed by atoms with E-state index in [0.29, 0.717) is 12.6 Å². The SMILES string of the molecule is COc1ncc2c(n1)CN=CC2. The highest BCUT2D eigenvalue weighted by molar-refractivity contribution is 5.63. The van der Waals surface area contributed by atoms with Crippen molar-refractivity contribution >= 4 is 6.21 Å². The highest BCUT2D eigenvalue weighted by Gasteiger charge is 2.08. The highest BCUT2D eigenvalue weighted by atomic mass is 16.5. The molecule has 4 nitrogen and oxygen atoms in total. The predicted molar refractivity (Wildman–Crippen MR) is 44.5 cm³/mol. The predicted octanol–water partition coefficient (Wildman–Crippen LogP) is 0.612. The average molecular weight is 163 g/mol. The van der Waals surface area contributed by atoms with E-state index in [4.69, 9.17) is 4.74 Å². The molecule has 1 aromatic rings. The Hall–Kier alpha value is -1.45. The van der Waals surface area contributed by atoms with Gasteiger partial charge < -0.3 is 4.74 Å². The summed E-state index contributed by atoms with van der Waals surface area (Å²) >= 11 is 0. The molecule has 0 aliphatic carbocycles. The summed E-state index contributed by atoms with van der Waals surface area (Å²) in [7, 11) is 1.56. The summed E-state index contributed by atoms with van der Waals surface area (Å²) in [6.07, 6.45) is 4.52. The maximum absolute atomic E-state index is 4.91. The maximum atomic E-state index is 4.91.